The Morgan fingerprint density at radius 3 is 2.62 bits per heavy atom. The molecule has 21 heavy (non-hydrogen) atoms. The van der Waals surface area contributed by atoms with Crippen LogP contribution in [0.2, 0.25) is 0 Å². The van der Waals surface area contributed by atoms with Crippen molar-refractivity contribution in [2.75, 3.05) is 11.9 Å². The van der Waals surface area contributed by atoms with Crippen molar-refractivity contribution in [1.29, 1.82) is 0 Å². The van der Waals surface area contributed by atoms with E-state index in [1.54, 1.807) is 0 Å². The van der Waals surface area contributed by atoms with E-state index >= 15 is 0 Å². The van der Waals surface area contributed by atoms with Gasteiger partial charge < -0.3 is 5.32 Å². The second-order valence-electron chi connectivity index (χ2n) is 4.92. The second-order valence-corrected chi connectivity index (χ2v) is 5.71. The molecular formula is C15H19BrF3NO. The van der Waals surface area contributed by atoms with Gasteiger partial charge in [-0.2, -0.15) is 13.2 Å². The lowest BCUT2D eigenvalue weighted by Gasteiger charge is -2.16. The van der Waals surface area contributed by atoms with Crippen molar-refractivity contribution in [3.63, 3.8) is 0 Å². The first-order chi connectivity index (χ1) is 9.88. The Morgan fingerprint density at radius 1 is 1.33 bits per heavy atom. The molecule has 0 saturated heterocycles. The van der Waals surface area contributed by atoms with Crippen LogP contribution in [0.15, 0.2) is 24.3 Å². The van der Waals surface area contributed by atoms with Gasteiger partial charge in [-0.15, -0.1) is 0 Å². The van der Waals surface area contributed by atoms with Crippen molar-refractivity contribution in [3.8, 4) is 0 Å². The molecule has 0 aromatic heterocycles. The number of carbonyl (C=O) groups excluding carboxylic acids is 1. The van der Waals surface area contributed by atoms with Crippen LogP contribution in [0.25, 0.3) is 0 Å². The predicted octanol–water partition coefficient (Wildman–Crippen LogP) is 4.64. The molecule has 0 heterocycles. The fraction of sp³-hybridized carbons (Fsp3) is 0.533. The first kappa shape index (κ1) is 18.0. The largest absolute Gasteiger partial charge is 0.416 e. The van der Waals surface area contributed by atoms with Gasteiger partial charge in [-0.3, -0.25) is 4.79 Å². The number of hydrogen-bond acceptors (Lipinski definition) is 1. The van der Waals surface area contributed by atoms with Gasteiger partial charge in [0.2, 0.25) is 0 Å². The Labute approximate surface area is 131 Å². The number of hydrogen-bond donors (Lipinski definition) is 1. The molecule has 0 spiro atoms. The number of carbonyl (C=O) groups is 1. The number of amides is 1. The summed E-state index contributed by atoms with van der Waals surface area (Å²) in [5.74, 6) is -0.124. The van der Waals surface area contributed by atoms with Crippen LogP contribution < -0.4 is 5.32 Å². The van der Waals surface area contributed by atoms with Crippen LogP contribution in [0.1, 0.15) is 42.1 Å². The summed E-state index contributed by atoms with van der Waals surface area (Å²) >= 11 is 3.37. The van der Waals surface area contributed by atoms with Crippen LogP contribution in [0.5, 0.6) is 0 Å². The van der Waals surface area contributed by atoms with E-state index in [0.29, 0.717) is 12.5 Å². The van der Waals surface area contributed by atoms with Gasteiger partial charge in [0.25, 0.3) is 5.91 Å². The number of benzene rings is 1. The minimum atomic E-state index is -4.43. The fourth-order valence-electron chi connectivity index (χ4n) is 2.09. The van der Waals surface area contributed by atoms with E-state index < -0.39 is 17.6 Å². The fourth-order valence-corrected chi connectivity index (χ4v) is 2.73. The molecule has 0 radical (unpaired) electrons. The average molecular weight is 366 g/mol. The van der Waals surface area contributed by atoms with E-state index in [1.807, 2.05) is 0 Å². The SMILES string of the molecule is CCCC(CCBr)CNC(=O)c1cccc(C(F)(F)F)c1. The van der Waals surface area contributed by atoms with Crippen LogP contribution in [0.3, 0.4) is 0 Å². The standard InChI is InChI=1S/C15H19BrF3NO/c1-2-4-11(7-8-16)10-20-14(21)12-5-3-6-13(9-12)15(17,18)19/h3,5-6,9,11H,2,4,7-8,10H2,1H3,(H,20,21). The summed E-state index contributed by atoms with van der Waals surface area (Å²) in [5, 5.41) is 3.56. The molecule has 0 aliphatic carbocycles. The number of halogens is 4. The third kappa shape index (κ3) is 6.08. The van der Waals surface area contributed by atoms with E-state index in [2.05, 4.69) is 28.2 Å². The molecule has 1 unspecified atom stereocenters. The molecule has 118 valence electrons. The maximum absolute atomic E-state index is 12.6. The van der Waals surface area contributed by atoms with Crippen molar-refractivity contribution in [3.05, 3.63) is 35.4 Å². The van der Waals surface area contributed by atoms with Gasteiger partial charge in [0.1, 0.15) is 0 Å². The molecule has 0 aliphatic heterocycles. The summed E-state index contributed by atoms with van der Waals surface area (Å²) in [5.41, 5.74) is -0.764. The maximum Gasteiger partial charge on any atom is 0.416 e. The van der Waals surface area contributed by atoms with E-state index in [1.165, 1.54) is 12.1 Å². The van der Waals surface area contributed by atoms with Crippen molar-refractivity contribution in [2.24, 2.45) is 5.92 Å². The predicted molar refractivity (Wildman–Crippen MR) is 80.6 cm³/mol. The smallest absolute Gasteiger partial charge is 0.352 e. The highest BCUT2D eigenvalue weighted by Gasteiger charge is 2.30. The van der Waals surface area contributed by atoms with Crippen LogP contribution >= 0.6 is 15.9 Å². The number of nitrogens with one attached hydrogen (secondary N) is 1. The van der Waals surface area contributed by atoms with Gasteiger partial charge in [-0.05, 0) is 37.0 Å². The average Bonchev–Trinajstić information content (AvgIpc) is 2.44. The summed E-state index contributed by atoms with van der Waals surface area (Å²) in [6.45, 7) is 2.55. The molecule has 0 fully saturated rings. The van der Waals surface area contributed by atoms with Gasteiger partial charge in [0.15, 0.2) is 0 Å². The molecule has 1 atom stereocenters. The van der Waals surface area contributed by atoms with Crippen molar-refractivity contribution >= 4 is 21.8 Å². The van der Waals surface area contributed by atoms with Crippen LogP contribution in [-0.4, -0.2) is 17.8 Å². The lowest BCUT2D eigenvalue weighted by molar-refractivity contribution is -0.137. The molecule has 1 aromatic carbocycles. The first-order valence-corrected chi connectivity index (χ1v) is 8.02. The molecule has 1 rings (SSSR count). The molecule has 2 nitrogen and oxygen atoms in total. The zero-order chi connectivity index (χ0) is 15.9. The zero-order valence-corrected chi connectivity index (χ0v) is 13.4. The van der Waals surface area contributed by atoms with Gasteiger partial charge in [0.05, 0.1) is 5.56 Å². The molecular weight excluding hydrogens is 347 g/mol. The highest BCUT2D eigenvalue weighted by atomic mass is 79.9. The third-order valence-corrected chi connectivity index (χ3v) is 3.68. The Kier molecular flexibility index (Phi) is 7.22. The monoisotopic (exact) mass is 365 g/mol. The quantitative estimate of drug-likeness (QED) is 0.700. The number of rotatable bonds is 7. The second kappa shape index (κ2) is 8.41. The Morgan fingerprint density at radius 2 is 2.05 bits per heavy atom. The summed E-state index contributed by atoms with van der Waals surface area (Å²) < 4.78 is 37.8. The van der Waals surface area contributed by atoms with Crippen molar-refractivity contribution in [1.82, 2.24) is 5.32 Å². The summed E-state index contributed by atoms with van der Waals surface area (Å²) in [6.07, 6.45) is -1.51. The zero-order valence-electron chi connectivity index (χ0n) is 11.8. The maximum atomic E-state index is 12.6. The summed E-state index contributed by atoms with van der Waals surface area (Å²) in [7, 11) is 0. The normalized spacial score (nSPS) is 13.0. The number of alkyl halides is 4. The minimum Gasteiger partial charge on any atom is -0.352 e. The molecule has 6 heteroatoms. The molecule has 1 amide bonds. The van der Waals surface area contributed by atoms with E-state index in [-0.39, 0.29) is 5.56 Å². The topological polar surface area (TPSA) is 29.1 Å². The van der Waals surface area contributed by atoms with Gasteiger partial charge >= 0.3 is 6.18 Å². The molecule has 1 aromatic rings. The van der Waals surface area contributed by atoms with Crippen molar-refractivity contribution < 1.29 is 18.0 Å². The van der Waals surface area contributed by atoms with Crippen LogP contribution in [-0.2, 0) is 6.18 Å². The molecule has 0 saturated carbocycles. The highest BCUT2D eigenvalue weighted by Crippen LogP contribution is 2.29. The van der Waals surface area contributed by atoms with E-state index in [9.17, 15) is 18.0 Å². The Hall–Kier alpha value is -1.04. The minimum absolute atomic E-state index is 0.0407. The Balaban J connectivity index is 2.67. The van der Waals surface area contributed by atoms with E-state index in [0.717, 1.165) is 36.7 Å². The van der Waals surface area contributed by atoms with Crippen LogP contribution in [0, 0.1) is 5.92 Å². The van der Waals surface area contributed by atoms with Gasteiger partial charge in [-0.25, -0.2) is 0 Å². The molecule has 1 N–H and O–H groups in total. The summed E-state index contributed by atoms with van der Waals surface area (Å²) in [4.78, 5) is 11.9. The van der Waals surface area contributed by atoms with Crippen LogP contribution in [0.4, 0.5) is 13.2 Å². The highest BCUT2D eigenvalue weighted by molar-refractivity contribution is 9.09. The van der Waals surface area contributed by atoms with Gasteiger partial charge in [0, 0.05) is 17.4 Å². The lowest BCUT2D eigenvalue weighted by atomic mass is 10.0. The summed E-state index contributed by atoms with van der Waals surface area (Å²) in [6, 6.07) is 4.49. The Bertz CT molecular complexity index is 456. The first-order valence-electron chi connectivity index (χ1n) is 6.90. The van der Waals surface area contributed by atoms with E-state index in [4.69, 9.17) is 0 Å². The van der Waals surface area contributed by atoms with Gasteiger partial charge in [-0.1, -0.05) is 35.3 Å². The lowest BCUT2D eigenvalue weighted by Crippen LogP contribution is -2.29. The van der Waals surface area contributed by atoms with Crippen molar-refractivity contribution in [2.45, 2.75) is 32.4 Å². The molecule has 0 aliphatic rings. The third-order valence-electron chi connectivity index (χ3n) is 3.22. The molecule has 0 bridgehead atoms.